The Bertz CT molecular complexity index is 971. The smallest absolute Gasteiger partial charge is 0.127 e. The minimum atomic E-state index is 0.429. The van der Waals surface area contributed by atoms with Crippen LogP contribution in [0.3, 0.4) is 0 Å². The molecule has 1 aromatic heterocycles. The number of pyridine rings is 1. The molecular weight excluding hydrogens is 356 g/mol. The minimum absolute atomic E-state index is 0.429. The fraction of sp³-hybridized carbons (Fsp3) is 0.190. The van der Waals surface area contributed by atoms with Gasteiger partial charge in [-0.1, -0.05) is 6.07 Å². The zero-order chi connectivity index (χ0) is 19.8. The Kier molecular flexibility index (Phi) is 6.54. The van der Waals surface area contributed by atoms with E-state index in [1.165, 1.54) is 0 Å². The van der Waals surface area contributed by atoms with E-state index in [-0.39, 0.29) is 0 Å². The van der Waals surface area contributed by atoms with Crippen molar-refractivity contribution < 1.29 is 14.2 Å². The summed E-state index contributed by atoms with van der Waals surface area (Å²) in [5, 5.41) is 7.68. The van der Waals surface area contributed by atoms with Crippen molar-refractivity contribution in [3.05, 3.63) is 66.5 Å². The molecule has 2 N–H and O–H groups in total. The summed E-state index contributed by atoms with van der Waals surface area (Å²) in [6.07, 6.45) is 1.66. The average molecular weight is 378 g/mol. The molecule has 0 aliphatic heterocycles. The van der Waals surface area contributed by atoms with Crippen LogP contribution in [-0.4, -0.2) is 32.4 Å². The third kappa shape index (κ3) is 4.83. The molecule has 0 saturated heterocycles. The Hall–Kier alpha value is -3.45. The van der Waals surface area contributed by atoms with Crippen LogP contribution in [0.1, 0.15) is 5.69 Å². The van der Waals surface area contributed by atoms with Crippen LogP contribution in [0.25, 0.3) is 16.6 Å². The van der Waals surface area contributed by atoms with Gasteiger partial charge in [-0.05, 0) is 48.5 Å². The molecule has 0 fully saturated rings. The quantitative estimate of drug-likeness (QED) is 0.416. The SMILES string of the molecule is COCCOc1ccc2nc(/C(=C/Nc3ccc(OC)cc3)N=N)ccc2c1. The molecule has 2 aromatic carbocycles. The van der Waals surface area contributed by atoms with Crippen LogP contribution in [0.15, 0.2) is 65.9 Å². The molecular formula is C21H22N4O3. The highest BCUT2D eigenvalue weighted by Gasteiger charge is 2.06. The number of rotatable bonds is 9. The summed E-state index contributed by atoms with van der Waals surface area (Å²) in [4.78, 5) is 4.60. The largest absolute Gasteiger partial charge is 0.497 e. The lowest BCUT2D eigenvalue weighted by molar-refractivity contribution is 0.146. The highest BCUT2D eigenvalue weighted by molar-refractivity contribution is 5.82. The second kappa shape index (κ2) is 9.48. The van der Waals surface area contributed by atoms with E-state index in [0.717, 1.165) is 28.1 Å². The van der Waals surface area contributed by atoms with Crippen molar-refractivity contribution >= 4 is 22.3 Å². The number of hydrogen-bond donors (Lipinski definition) is 2. The fourth-order valence-electron chi connectivity index (χ4n) is 2.58. The molecule has 28 heavy (non-hydrogen) atoms. The van der Waals surface area contributed by atoms with E-state index in [1.54, 1.807) is 20.4 Å². The summed E-state index contributed by atoms with van der Waals surface area (Å²) in [5.74, 6) is 1.54. The zero-order valence-electron chi connectivity index (χ0n) is 15.8. The van der Waals surface area contributed by atoms with Gasteiger partial charge in [-0.3, -0.25) is 0 Å². The molecule has 0 saturated carbocycles. The van der Waals surface area contributed by atoms with Crippen molar-refractivity contribution in [2.75, 3.05) is 32.8 Å². The molecule has 0 radical (unpaired) electrons. The molecule has 7 nitrogen and oxygen atoms in total. The molecule has 0 spiro atoms. The van der Waals surface area contributed by atoms with Gasteiger partial charge < -0.3 is 19.5 Å². The molecule has 7 heteroatoms. The van der Waals surface area contributed by atoms with Crippen LogP contribution in [0.4, 0.5) is 5.69 Å². The second-order valence-corrected chi connectivity index (χ2v) is 5.91. The van der Waals surface area contributed by atoms with Gasteiger partial charge in [0.25, 0.3) is 0 Å². The highest BCUT2D eigenvalue weighted by Crippen LogP contribution is 2.23. The van der Waals surface area contributed by atoms with E-state index in [4.69, 9.17) is 19.7 Å². The van der Waals surface area contributed by atoms with Crippen molar-refractivity contribution in [1.29, 1.82) is 5.53 Å². The predicted octanol–water partition coefficient (Wildman–Crippen LogP) is 4.71. The van der Waals surface area contributed by atoms with Gasteiger partial charge in [0.1, 0.15) is 23.8 Å². The lowest BCUT2D eigenvalue weighted by Gasteiger charge is -2.08. The molecule has 0 bridgehead atoms. The maximum absolute atomic E-state index is 7.49. The standard InChI is InChI=1S/C21H22N4O3/c1-26-11-12-28-18-8-10-19-15(13-18)3-9-20(24-19)21(25-22)14-23-16-4-6-17(27-2)7-5-16/h3-10,13-14,22-23H,11-12H2,1-2H3/b21-14-,25-22?. The van der Waals surface area contributed by atoms with Gasteiger partial charge in [-0.15, -0.1) is 0 Å². The van der Waals surface area contributed by atoms with E-state index in [2.05, 4.69) is 15.4 Å². The maximum Gasteiger partial charge on any atom is 0.127 e. The fourth-order valence-corrected chi connectivity index (χ4v) is 2.58. The number of benzene rings is 2. The molecule has 0 atom stereocenters. The van der Waals surface area contributed by atoms with Crippen molar-refractivity contribution in [2.24, 2.45) is 5.11 Å². The van der Waals surface area contributed by atoms with Crippen LogP contribution in [-0.2, 0) is 4.74 Å². The number of nitrogens with one attached hydrogen (secondary N) is 2. The molecule has 0 aliphatic carbocycles. The number of aromatic nitrogens is 1. The third-order valence-corrected chi connectivity index (χ3v) is 4.07. The van der Waals surface area contributed by atoms with Crippen molar-refractivity contribution in [1.82, 2.24) is 4.98 Å². The average Bonchev–Trinajstić information content (AvgIpc) is 2.74. The van der Waals surface area contributed by atoms with Gasteiger partial charge in [-0.2, -0.15) is 5.11 Å². The predicted molar refractivity (Wildman–Crippen MR) is 109 cm³/mol. The second-order valence-electron chi connectivity index (χ2n) is 5.91. The van der Waals surface area contributed by atoms with E-state index in [0.29, 0.717) is 24.6 Å². The number of fused-ring (bicyclic) bond motifs is 1. The molecule has 3 aromatic rings. The Morgan fingerprint density at radius 1 is 1.04 bits per heavy atom. The number of anilines is 1. The van der Waals surface area contributed by atoms with E-state index in [1.807, 2.05) is 54.6 Å². The van der Waals surface area contributed by atoms with Gasteiger partial charge in [0, 0.05) is 24.4 Å². The van der Waals surface area contributed by atoms with E-state index < -0.39 is 0 Å². The van der Waals surface area contributed by atoms with Crippen LogP contribution < -0.4 is 14.8 Å². The molecule has 0 amide bonds. The highest BCUT2D eigenvalue weighted by atomic mass is 16.5. The lowest BCUT2D eigenvalue weighted by Crippen LogP contribution is -2.04. The Morgan fingerprint density at radius 3 is 2.54 bits per heavy atom. The van der Waals surface area contributed by atoms with Crippen LogP contribution >= 0.6 is 0 Å². The minimum Gasteiger partial charge on any atom is -0.497 e. The first-order chi connectivity index (χ1) is 13.7. The van der Waals surface area contributed by atoms with Gasteiger partial charge in [0.05, 0.1) is 24.9 Å². The van der Waals surface area contributed by atoms with Crippen molar-refractivity contribution in [2.45, 2.75) is 0 Å². The maximum atomic E-state index is 7.49. The third-order valence-electron chi connectivity index (χ3n) is 4.07. The first-order valence-corrected chi connectivity index (χ1v) is 8.74. The molecule has 3 rings (SSSR count). The normalized spacial score (nSPS) is 11.3. The van der Waals surface area contributed by atoms with Gasteiger partial charge in [0.2, 0.25) is 0 Å². The lowest BCUT2D eigenvalue weighted by atomic mass is 10.1. The summed E-state index contributed by atoms with van der Waals surface area (Å²) >= 11 is 0. The molecule has 0 unspecified atom stereocenters. The van der Waals surface area contributed by atoms with Gasteiger partial charge >= 0.3 is 0 Å². The van der Waals surface area contributed by atoms with E-state index in [9.17, 15) is 0 Å². The van der Waals surface area contributed by atoms with Crippen molar-refractivity contribution in [3.63, 3.8) is 0 Å². The Balaban J connectivity index is 1.77. The first-order valence-electron chi connectivity index (χ1n) is 8.74. The number of methoxy groups -OCH3 is 2. The Morgan fingerprint density at radius 2 is 1.82 bits per heavy atom. The number of ether oxygens (including phenoxy) is 3. The van der Waals surface area contributed by atoms with Crippen molar-refractivity contribution in [3.8, 4) is 11.5 Å². The topological polar surface area (TPSA) is 88.8 Å². The first kappa shape index (κ1) is 19.3. The molecule has 1 heterocycles. The number of hydrogen-bond acceptors (Lipinski definition) is 7. The van der Waals surface area contributed by atoms with Gasteiger partial charge in [-0.25, -0.2) is 10.5 Å². The van der Waals surface area contributed by atoms with Crippen LogP contribution in [0.2, 0.25) is 0 Å². The summed E-state index contributed by atoms with van der Waals surface area (Å²) in [6, 6.07) is 16.9. The van der Waals surface area contributed by atoms with Crippen LogP contribution in [0.5, 0.6) is 11.5 Å². The monoisotopic (exact) mass is 378 g/mol. The zero-order valence-corrected chi connectivity index (χ0v) is 15.8. The van der Waals surface area contributed by atoms with Gasteiger partial charge in [0.15, 0.2) is 0 Å². The summed E-state index contributed by atoms with van der Waals surface area (Å²) in [6.45, 7) is 1.03. The van der Waals surface area contributed by atoms with Crippen LogP contribution in [0, 0.1) is 5.53 Å². The number of nitrogens with zero attached hydrogens (tertiary/aromatic N) is 2. The molecule has 144 valence electrons. The molecule has 0 aliphatic rings. The summed E-state index contributed by atoms with van der Waals surface area (Å²) < 4.78 is 15.8. The summed E-state index contributed by atoms with van der Waals surface area (Å²) in [5.41, 5.74) is 10.2. The van der Waals surface area contributed by atoms with E-state index >= 15 is 0 Å². The Labute approximate surface area is 163 Å². The summed E-state index contributed by atoms with van der Waals surface area (Å²) in [7, 11) is 3.26.